The van der Waals surface area contributed by atoms with E-state index in [2.05, 4.69) is 0 Å². The summed E-state index contributed by atoms with van der Waals surface area (Å²) in [5, 5.41) is 8.07. The molecule has 23 heavy (non-hydrogen) atoms. The van der Waals surface area contributed by atoms with E-state index in [4.69, 9.17) is 0 Å². The third kappa shape index (κ3) is 3.90. The van der Waals surface area contributed by atoms with E-state index in [-0.39, 0.29) is 19.5 Å². The molecule has 1 aliphatic rings. The molecule has 1 fully saturated rings. The van der Waals surface area contributed by atoms with Crippen molar-refractivity contribution in [3.05, 3.63) is 35.9 Å². The summed E-state index contributed by atoms with van der Waals surface area (Å²) in [6.45, 7) is 1.89. The van der Waals surface area contributed by atoms with Gasteiger partial charge in [0.15, 0.2) is 9.84 Å². The Morgan fingerprint density at radius 2 is 1.91 bits per heavy atom. The molecule has 1 aromatic carbocycles. The number of sulfone groups is 1. The minimum Gasteiger partial charge on any atom is -0.481 e. The van der Waals surface area contributed by atoms with Crippen LogP contribution in [-0.2, 0) is 25.8 Å². The van der Waals surface area contributed by atoms with Gasteiger partial charge in [-0.3, -0.25) is 9.59 Å². The highest BCUT2D eigenvalue weighted by atomic mass is 32.2. The van der Waals surface area contributed by atoms with Crippen LogP contribution in [0.1, 0.15) is 18.9 Å². The van der Waals surface area contributed by atoms with E-state index in [9.17, 15) is 23.1 Å². The molecule has 1 aromatic rings. The lowest BCUT2D eigenvalue weighted by molar-refractivity contribution is -0.147. The van der Waals surface area contributed by atoms with Crippen molar-refractivity contribution in [3.8, 4) is 0 Å². The highest BCUT2D eigenvalue weighted by Gasteiger charge is 2.44. The number of nitrogens with zero attached hydrogens (tertiary/aromatic N) is 1. The Kier molecular flexibility index (Phi) is 4.79. The molecular formula is C16H21NO5S. The Labute approximate surface area is 136 Å². The fraction of sp³-hybridized carbons (Fsp3) is 0.500. The van der Waals surface area contributed by atoms with Crippen LogP contribution in [0.4, 0.5) is 0 Å². The zero-order valence-corrected chi connectivity index (χ0v) is 14.0. The first kappa shape index (κ1) is 17.5. The highest BCUT2D eigenvalue weighted by Crippen LogP contribution is 2.31. The monoisotopic (exact) mass is 339 g/mol. The molecule has 1 heterocycles. The second kappa shape index (κ2) is 6.31. The standard InChI is InChI=1S/C16H21NO5S/c1-16(15(19)20)8-9-17(11-16)14(18)13(23(2,21)22)10-12-6-4-3-5-7-12/h3-7,13H,8-11H2,1-2H3,(H,19,20)/t13-,16-/m0/s1. The number of carbonyl (C=O) groups is 2. The number of likely N-dealkylation sites (tertiary alicyclic amines) is 1. The number of aliphatic carboxylic acids is 1. The van der Waals surface area contributed by atoms with E-state index >= 15 is 0 Å². The van der Waals surface area contributed by atoms with Gasteiger partial charge in [0.05, 0.1) is 5.41 Å². The van der Waals surface area contributed by atoms with Gasteiger partial charge in [0.2, 0.25) is 5.91 Å². The maximum Gasteiger partial charge on any atom is 0.311 e. The van der Waals surface area contributed by atoms with Crippen molar-refractivity contribution >= 4 is 21.7 Å². The molecule has 0 aromatic heterocycles. The van der Waals surface area contributed by atoms with E-state index in [1.807, 2.05) is 6.07 Å². The molecule has 7 heteroatoms. The zero-order valence-electron chi connectivity index (χ0n) is 13.2. The average molecular weight is 339 g/mol. The topological polar surface area (TPSA) is 91.8 Å². The van der Waals surface area contributed by atoms with Crippen LogP contribution in [-0.4, -0.2) is 54.9 Å². The van der Waals surface area contributed by atoms with Gasteiger partial charge >= 0.3 is 5.97 Å². The summed E-state index contributed by atoms with van der Waals surface area (Å²) in [5.74, 6) is -1.48. The van der Waals surface area contributed by atoms with Crippen LogP contribution >= 0.6 is 0 Å². The quantitative estimate of drug-likeness (QED) is 0.863. The third-order valence-corrected chi connectivity index (χ3v) is 5.76. The van der Waals surface area contributed by atoms with Gasteiger partial charge < -0.3 is 10.0 Å². The Bertz CT molecular complexity index is 700. The maximum atomic E-state index is 12.7. The van der Waals surface area contributed by atoms with Crippen molar-refractivity contribution in [1.82, 2.24) is 4.90 Å². The van der Waals surface area contributed by atoms with Crippen LogP contribution < -0.4 is 0 Å². The zero-order chi connectivity index (χ0) is 17.3. The number of carboxylic acids is 1. The van der Waals surface area contributed by atoms with Gasteiger partial charge in [0.25, 0.3) is 0 Å². The fourth-order valence-electron chi connectivity index (χ4n) is 2.78. The maximum absolute atomic E-state index is 12.7. The van der Waals surface area contributed by atoms with Crippen LogP contribution in [0.5, 0.6) is 0 Å². The summed E-state index contributed by atoms with van der Waals surface area (Å²) in [6, 6.07) is 8.94. The number of benzene rings is 1. The average Bonchev–Trinajstić information content (AvgIpc) is 2.88. The van der Waals surface area contributed by atoms with Gasteiger partial charge in [0, 0.05) is 19.3 Å². The van der Waals surface area contributed by atoms with Gasteiger partial charge in [-0.2, -0.15) is 0 Å². The summed E-state index contributed by atoms with van der Waals surface area (Å²) < 4.78 is 24.1. The molecule has 0 saturated carbocycles. The number of rotatable bonds is 5. The van der Waals surface area contributed by atoms with Crippen molar-refractivity contribution in [2.24, 2.45) is 5.41 Å². The first-order chi connectivity index (χ1) is 10.6. The van der Waals surface area contributed by atoms with Crippen molar-refractivity contribution < 1.29 is 23.1 Å². The van der Waals surface area contributed by atoms with Crippen LogP contribution in [0.3, 0.4) is 0 Å². The van der Waals surface area contributed by atoms with Crippen LogP contribution in [0.15, 0.2) is 30.3 Å². The first-order valence-electron chi connectivity index (χ1n) is 7.38. The van der Waals surface area contributed by atoms with E-state index in [0.717, 1.165) is 11.8 Å². The Morgan fingerprint density at radius 1 is 1.30 bits per heavy atom. The summed E-state index contributed by atoms with van der Waals surface area (Å²) >= 11 is 0. The van der Waals surface area contributed by atoms with Crippen molar-refractivity contribution in [2.45, 2.75) is 25.0 Å². The molecular weight excluding hydrogens is 318 g/mol. The van der Waals surface area contributed by atoms with E-state index < -0.39 is 32.4 Å². The predicted molar refractivity (Wildman–Crippen MR) is 85.7 cm³/mol. The van der Waals surface area contributed by atoms with Crippen molar-refractivity contribution in [2.75, 3.05) is 19.3 Å². The first-order valence-corrected chi connectivity index (χ1v) is 9.34. The predicted octanol–water partition coefficient (Wildman–Crippen LogP) is 0.965. The molecule has 0 unspecified atom stereocenters. The van der Waals surface area contributed by atoms with Crippen LogP contribution in [0.2, 0.25) is 0 Å². The second-order valence-corrected chi connectivity index (χ2v) is 8.61. The summed E-state index contributed by atoms with van der Waals surface area (Å²) in [5.41, 5.74) is -0.249. The molecule has 2 atom stereocenters. The largest absolute Gasteiger partial charge is 0.481 e. The molecule has 2 rings (SSSR count). The minimum atomic E-state index is -3.60. The number of carboxylic acid groups (broad SMARTS) is 1. The lowest BCUT2D eigenvalue weighted by Gasteiger charge is -2.24. The molecule has 0 bridgehead atoms. The third-order valence-electron chi connectivity index (χ3n) is 4.36. The number of carbonyl (C=O) groups excluding carboxylic acids is 1. The lowest BCUT2D eigenvalue weighted by Crippen LogP contribution is -2.44. The lowest BCUT2D eigenvalue weighted by atomic mass is 9.90. The smallest absolute Gasteiger partial charge is 0.311 e. The van der Waals surface area contributed by atoms with Crippen molar-refractivity contribution in [3.63, 3.8) is 0 Å². The summed E-state index contributed by atoms with van der Waals surface area (Å²) in [7, 11) is -3.60. The van der Waals surface area contributed by atoms with E-state index in [1.54, 1.807) is 31.2 Å². The normalized spacial score (nSPS) is 22.8. The van der Waals surface area contributed by atoms with Gasteiger partial charge in [-0.1, -0.05) is 30.3 Å². The molecule has 1 aliphatic heterocycles. The molecule has 0 aliphatic carbocycles. The number of hydrogen-bond donors (Lipinski definition) is 1. The molecule has 0 spiro atoms. The fourth-order valence-corrected chi connectivity index (χ4v) is 3.79. The Balaban J connectivity index is 2.21. The molecule has 1 N–H and O–H groups in total. The Morgan fingerprint density at radius 3 is 2.39 bits per heavy atom. The SMILES string of the molecule is C[C@]1(C(=O)O)CCN(C(=O)[C@H](Cc2ccccc2)S(C)(=O)=O)C1. The molecule has 1 saturated heterocycles. The van der Waals surface area contributed by atoms with Gasteiger partial charge in [0.1, 0.15) is 5.25 Å². The Hall–Kier alpha value is -1.89. The van der Waals surface area contributed by atoms with Crippen LogP contribution in [0, 0.1) is 5.41 Å². The van der Waals surface area contributed by atoms with Gasteiger partial charge in [-0.25, -0.2) is 8.42 Å². The summed E-state index contributed by atoms with van der Waals surface area (Å²) in [4.78, 5) is 25.3. The molecule has 126 valence electrons. The number of hydrogen-bond acceptors (Lipinski definition) is 4. The van der Waals surface area contributed by atoms with Gasteiger partial charge in [-0.05, 0) is 25.3 Å². The van der Waals surface area contributed by atoms with E-state index in [0.29, 0.717) is 6.42 Å². The van der Waals surface area contributed by atoms with Crippen LogP contribution in [0.25, 0.3) is 0 Å². The molecule has 1 amide bonds. The summed E-state index contributed by atoms with van der Waals surface area (Å²) in [6.07, 6.45) is 1.47. The van der Waals surface area contributed by atoms with Crippen molar-refractivity contribution in [1.29, 1.82) is 0 Å². The van der Waals surface area contributed by atoms with Gasteiger partial charge in [-0.15, -0.1) is 0 Å². The van der Waals surface area contributed by atoms with E-state index in [1.165, 1.54) is 4.90 Å². The molecule has 0 radical (unpaired) electrons. The minimum absolute atomic E-state index is 0.0436. The highest BCUT2D eigenvalue weighted by molar-refractivity contribution is 7.92. The second-order valence-electron chi connectivity index (χ2n) is 6.38. The molecule has 6 nitrogen and oxygen atoms in total. The number of amides is 1.